The molecule has 2 aliphatic heterocycles. The van der Waals surface area contributed by atoms with Gasteiger partial charge in [-0.3, -0.25) is 14.5 Å². The van der Waals surface area contributed by atoms with Crippen LogP contribution in [0, 0.1) is 11.3 Å². The number of nitrogens with zero attached hydrogens (tertiary/aromatic N) is 2. The Morgan fingerprint density at radius 3 is 2.20 bits per heavy atom. The molecular formula is C25H39N3O2. The van der Waals surface area contributed by atoms with E-state index in [-0.39, 0.29) is 17.7 Å². The van der Waals surface area contributed by atoms with Gasteiger partial charge in [0, 0.05) is 31.6 Å². The van der Waals surface area contributed by atoms with Crippen molar-refractivity contribution in [3.63, 3.8) is 0 Å². The Morgan fingerprint density at radius 2 is 1.57 bits per heavy atom. The third kappa shape index (κ3) is 6.56. The first kappa shape index (κ1) is 22.8. The highest BCUT2D eigenvalue weighted by molar-refractivity contribution is 5.83. The Morgan fingerprint density at radius 1 is 0.933 bits per heavy atom. The summed E-state index contributed by atoms with van der Waals surface area (Å²) < 4.78 is 0. The summed E-state index contributed by atoms with van der Waals surface area (Å²) in [5, 5.41) is 3.09. The Hall–Kier alpha value is -1.88. The van der Waals surface area contributed by atoms with E-state index in [1.807, 2.05) is 25.7 Å². The molecule has 30 heavy (non-hydrogen) atoms. The molecule has 1 atom stereocenters. The zero-order valence-corrected chi connectivity index (χ0v) is 19.1. The van der Waals surface area contributed by atoms with Gasteiger partial charge >= 0.3 is 0 Å². The van der Waals surface area contributed by atoms with E-state index in [1.54, 1.807) is 0 Å². The van der Waals surface area contributed by atoms with Gasteiger partial charge in [-0.25, -0.2) is 0 Å². The first-order valence-electron chi connectivity index (χ1n) is 11.7. The van der Waals surface area contributed by atoms with Crippen LogP contribution >= 0.6 is 0 Å². The molecule has 1 aromatic rings. The van der Waals surface area contributed by atoms with E-state index >= 15 is 0 Å². The summed E-state index contributed by atoms with van der Waals surface area (Å²) in [5.41, 5.74) is 2.07. The molecule has 3 rings (SSSR count). The molecule has 5 heteroatoms. The summed E-state index contributed by atoms with van der Waals surface area (Å²) in [6, 6.07) is 8.64. The summed E-state index contributed by atoms with van der Waals surface area (Å²) in [6.45, 7) is 11.1. The summed E-state index contributed by atoms with van der Waals surface area (Å²) in [4.78, 5) is 29.7. The molecule has 1 N–H and O–H groups in total. The van der Waals surface area contributed by atoms with Gasteiger partial charge in [0.15, 0.2) is 0 Å². The van der Waals surface area contributed by atoms with Crippen LogP contribution in [0.5, 0.6) is 0 Å². The molecule has 0 bridgehead atoms. The molecule has 0 aliphatic carbocycles. The van der Waals surface area contributed by atoms with Crippen molar-refractivity contribution < 1.29 is 9.59 Å². The molecule has 0 saturated carbocycles. The SMILES string of the molecule is CC(C)(C)C(=O)N1CCCC(C(=O)NCc2ccc(CN3CCCCCC3)cc2)C1. The minimum atomic E-state index is -0.395. The highest BCUT2D eigenvalue weighted by Crippen LogP contribution is 2.23. The van der Waals surface area contributed by atoms with Crippen molar-refractivity contribution >= 4 is 11.8 Å². The molecule has 1 unspecified atom stereocenters. The van der Waals surface area contributed by atoms with Crippen molar-refractivity contribution in [2.24, 2.45) is 11.3 Å². The topological polar surface area (TPSA) is 52.7 Å². The van der Waals surface area contributed by atoms with Crippen LogP contribution in [-0.2, 0) is 22.7 Å². The molecule has 5 nitrogen and oxygen atoms in total. The summed E-state index contributed by atoms with van der Waals surface area (Å²) >= 11 is 0. The highest BCUT2D eigenvalue weighted by Gasteiger charge is 2.33. The number of hydrogen-bond acceptors (Lipinski definition) is 3. The lowest BCUT2D eigenvalue weighted by molar-refractivity contribution is -0.142. The lowest BCUT2D eigenvalue weighted by Gasteiger charge is -2.35. The van der Waals surface area contributed by atoms with Crippen molar-refractivity contribution in [1.29, 1.82) is 0 Å². The Bertz CT molecular complexity index is 700. The van der Waals surface area contributed by atoms with Crippen LogP contribution < -0.4 is 5.32 Å². The summed E-state index contributed by atoms with van der Waals surface area (Å²) in [6.07, 6.45) is 7.09. The van der Waals surface area contributed by atoms with Crippen LogP contribution in [0.15, 0.2) is 24.3 Å². The molecule has 1 aromatic carbocycles. The molecule has 0 aromatic heterocycles. The third-order valence-electron chi connectivity index (χ3n) is 6.32. The zero-order chi connectivity index (χ0) is 21.6. The molecule has 2 amide bonds. The van der Waals surface area contributed by atoms with E-state index in [4.69, 9.17) is 0 Å². The third-order valence-corrected chi connectivity index (χ3v) is 6.32. The second-order valence-electron chi connectivity index (χ2n) is 10.1. The van der Waals surface area contributed by atoms with E-state index < -0.39 is 5.41 Å². The predicted molar refractivity (Wildman–Crippen MR) is 121 cm³/mol. The van der Waals surface area contributed by atoms with Crippen molar-refractivity contribution in [1.82, 2.24) is 15.1 Å². The molecule has 2 aliphatic rings. The van der Waals surface area contributed by atoms with E-state index in [2.05, 4.69) is 34.5 Å². The van der Waals surface area contributed by atoms with Gasteiger partial charge in [-0.15, -0.1) is 0 Å². The first-order chi connectivity index (χ1) is 14.3. The van der Waals surface area contributed by atoms with Gasteiger partial charge in [0.05, 0.1) is 5.92 Å². The van der Waals surface area contributed by atoms with Crippen LogP contribution in [0.2, 0.25) is 0 Å². The van der Waals surface area contributed by atoms with Crippen LogP contribution in [-0.4, -0.2) is 47.8 Å². The average Bonchev–Trinajstić information content (AvgIpc) is 3.00. The summed E-state index contributed by atoms with van der Waals surface area (Å²) in [5.74, 6) is 0.0995. The maximum atomic E-state index is 12.7. The van der Waals surface area contributed by atoms with Crippen LogP contribution in [0.4, 0.5) is 0 Å². The van der Waals surface area contributed by atoms with Gasteiger partial charge in [0.2, 0.25) is 11.8 Å². The van der Waals surface area contributed by atoms with Gasteiger partial charge < -0.3 is 10.2 Å². The fourth-order valence-corrected chi connectivity index (χ4v) is 4.50. The van der Waals surface area contributed by atoms with Crippen LogP contribution in [0.25, 0.3) is 0 Å². The number of likely N-dealkylation sites (tertiary alicyclic amines) is 2. The molecule has 0 radical (unpaired) electrons. The normalized spacial score (nSPS) is 21.2. The van der Waals surface area contributed by atoms with E-state index in [1.165, 1.54) is 44.3 Å². The van der Waals surface area contributed by atoms with E-state index in [0.717, 1.165) is 31.5 Å². The van der Waals surface area contributed by atoms with E-state index in [9.17, 15) is 9.59 Å². The van der Waals surface area contributed by atoms with Crippen molar-refractivity contribution in [3.05, 3.63) is 35.4 Å². The lowest BCUT2D eigenvalue weighted by atomic mass is 9.91. The monoisotopic (exact) mass is 413 g/mol. The molecular weight excluding hydrogens is 374 g/mol. The number of benzene rings is 1. The Kier molecular flexibility index (Phi) is 7.93. The number of carbonyl (C=O) groups excluding carboxylic acids is 2. The maximum absolute atomic E-state index is 12.7. The van der Waals surface area contributed by atoms with E-state index in [0.29, 0.717) is 13.1 Å². The fraction of sp³-hybridized carbons (Fsp3) is 0.680. The quantitative estimate of drug-likeness (QED) is 0.795. The second kappa shape index (κ2) is 10.4. The van der Waals surface area contributed by atoms with Gasteiger partial charge in [0.1, 0.15) is 0 Å². The van der Waals surface area contributed by atoms with Gasteiger partial charge in [0.25, 0.3) is 0 Å². The van der Waals surface area contributed by atoms with Gasteiger partial charge in [-0.1, -0.05) is 57.9 Å². The van der Waals surface area contributed by atoms with Crippen molar-refractivity contribution in [2.75, 3.05) is 26.2 Å². The first-order valence-corrected chi connectivity index (χ1v) is 11.7. The van der Waals surface area contributed by atoms with Crippen LogP contribution in [0.1, 0.15) is 70.4 Å². The largest absolute Gasteiger partial charge is 0.352 e. The fourth-order valence-electron chi connectivity index (χ4n) is 4.50. The highest BCUT2D eigenvalue weighted by atomic mass is 16.2. The minimum absolute atomic E-state index is 0.0649. The molecule has 2 saturated heterocycles. The molecule has 0 spiro atoms. The smallest absolute Gasteiger partial charge is 0.227 e. The van der Waals surface area contributed by atoms with Crippen molar-refractivity contribution in [2.45, 2.75) is 72.4 Å². The summed E-state index contributed by atoms with van der Waals surface area (Å²) in [7, 11) is 0. The molecule has 2 heterocycles. The zero-order valence-electron chi connectivity index (χ0n) is 19.1. The number of piperidine rings is 1. The lowest BCUT2D eigenvalue weighted by Crippen LogP contribution is -2.48. The van der Waals surface area contributed by atoms with Crippen LogP contribution in [0.3, 0.4) is 0 Å². The Balaban J connectivity index is 1.46. The van der Waals surface area contributed by atoms with Gasteiger partial charge in [-0.05, 0) is 49.9 Å². The number of rotatable bonds is 5. The standard InChI is InChI=1S/C25H39N3O2/c1-25(2,3)24(30)28-16-8-9-22(19-28)23(29)26-17-20-10-12-21(13-11-20)18-27-14-6-4-5-7-15-27/h10-13,22H,4-9,14-19H2,1-3H3,(H,26,29). The number of carbonyl (C=O) groups is 2. The minimum Gasteiger partial charge on any atom is -0.352 e. The Labute approximate surface area is 182 Å². The molecule has 2 fully saturated rings. The molecule has 166 valence electrons. The maximum Gasteiger partial charge on any atom is 0.227 e. The second-order valence-corrected chi connectivity index (χ2v) is 10.1. The number of hydrogen-bond donors (Lipinski definition) is 1. The van der Waals surface area contributed by atoms with Crippen molar-refractivity contribution in [3.8, 4) is 0 Å². The average molecular weight is 414 g/mol. The predicted octanol–water partition coefficient (Wildman–Crippen LogP) is 3.96. The van der Waals surface area contributed by atoms with Gasteiger partial charge in [-0.2, -0.15) is 0 Å². The number of amides is 2. The number of nitrogens with one attached hydrogen (secondary N) is 1.